The van der Waals surface area contributed by atoms with Gasteiger partial charge in [-0.05, 0) is 64.4 Å². The van der Waals surface area contributed by atoms with E-state index in [0.717, 1.165) is 24.7 Å². The number of thioether (sulfide) groups is 1. The van der Waals surface area contributed by atoms with Crippen molar-refractivity contribution < 1.29 is 14.4 Å². The molecule has 2 unspecified atom stereocenters. The zero-order valence-corrected chi connectivity index (χ0v) is 17.3. The molecule has 0 radical (unpaired) electrons. The van der Waals surface area contributed by atoms with E-state index in [1.807, 2.05) is 0 Å². The zero-order chi connectivity index (χ0) is 18.6. The highest BCUT2D eigenvalue weighted by Gasteiger charge is 2.51. The Labute approximate surface area is 162 Å². The Hall–Kier alpha value is -0.485. The van der Waals surface area contributed by atoms with E-state index in [1.54, 1.807) is 0 Å². The van der Waals surface area contributed by atoms with Gasteiger partial charge in [-0.2, -0.15) is 11.8 Å². The van der Waals surface area contributed by atoms with Crippen LogP contribution >= 0.6 is 11.8 Å². The van der Waals surface area contributed by atoms with Crippen LogP contribution in [-0.4, -0.2) is 39.5 Å². The third kappa shape index (κ3) is 3.60. The van der Waals surface area contributed by atoms with Crippen LogP contribution in [0.1, 0.15) is 65.4 Å². The highest BCUT2D eigenvalue weighted by molar-refractivity contribution is 8.00. The molecule has 4 rings (SSSR count). The van der Waals surface area contributed by atoms with Gasteiger partial charge in [-0.3, -0.25) is 0 Å². The molecule has 3 aliphatic rings. The third-order valence-electron chi connectivity index (χ3n) is 6.66. The van der Waals surface area contributed by atoms with Crippen LogP contribution in [0.15, 0.2) is 24.3 Å². The number of hydrogen-bond donors (Lipinski definition) is 1. The number of aliphatic hydroxyl groups is 1. The summed E-state index contributed by atoms with van der Waals surface area (Å²) in [7, 11) is -0.337. The molecule has 142 valence electrons. The van der Waals surface area contributed by atoms with Crippen LogP contribution in [0.2, 0.25) is 0 Å². The molecule has 3 saturated heterocycles. The fourth-order valence-electron chi connectivity index (χ4n) is 4.57. The maximum absolute atomic E-state index is 11.3. The van der Waals surface area contributed by atoms with Crippen LogP contribution in [-0.2, 0) is 15.7 Å². The highest BCUT2D eigenvalue weighted by Crippen LogP contribution is 2.46. The number of benzene rings is 1. The summed E-state index contributed by atoms with van der Waals surface area (Å²) in [5, 5.41) is 12.6. The lowest BCUT2D eigenvalue weighted by Crippen LogP contribution is -2.44. The van der Waals surface area contributed by atoms with E-state index >= 15 is 0 Å². The van der Waals surface area contributed by atoms with Crippen LogP contribution in [0, 0.1) is 0 Å². The lowest BCUT2D eigenvalue weighted by molar-refractivity contribution is 0.00578. The molecule has 2 bridgehead atoms. The fourth-order valence-corrected chi connectivity index (χ4v) is 6.53. The van der Waals surface area contributed by atoms with E-state index in [2.05, 4.69) is 63.7 Å². The maximum atomic E-state index is 11.3. The average Bonchev–Trinajstić information content (AvgIpc) is 2.75. The second-order valence-electron chi connectivity index (χ2n) is 9.45. The molecule has 0 spiro atoms. The largest absolute Gasteiger partial charge is 0.494 e. The smallest absolute Gasteiger partial charge is 0.399 e. The topological polar surface area (TPSA) is 38.7 Å². The van der Waals surface area contributed by atoms with Crippen molar-refractivity contribution in [3.05, 3.63) is 29.8 Å². The standard InChI is InChI=1S/C21H31BO3S/c1-19(2)20(3,4)25-22(24-19)16-8-5-7-15(11-16)12-21(23)13-17-9-6-10-18(14-21)26-17/h5,7-8,11,17-18,23H,6,9-10,12-14H2,1-4H3. The van der Waals surface area contributed by atoms with Crippen molar-refractivity contribution in [2.24, 2.45) is 0 Å². The Morgan fingerprint density at radius 2 is 1.69 bits per heavy atom. The molecule has 26 heavy (non-hydrogen) atoms. The molecule has 1 aromatic rings. The summed E-state index contributed by atoms with van der Waals surface area (Å²) in [4.78, 5) is 0. The van der Waals surface area contributed by atoms with Gasteiger partial charge in [0.25, 0.3) is 0 Å². The molecule has 0 amide bonds. The second-order valence-corrected chi connectivity index (χ2v) is 11.1. The van der Waals surface area contributed by atoms with Crippen molar-refractivity contribution in [2.75, 3.05) is 0 Å². The van der Waals surface area contributed by atoms with Crippen molar-refractivity contribution in [2.45, 2.75) is 93.5 Å². The summed E-state index contributed by atoms with van der Waals surface area (Å²) >= 11 is 2.11. The van der Waals surface area contributed by atoms with Crippen LogP contribution in [0.5, 0.6) is 0 Å². The van der Waals surface area contributed by atoms with Gasteiger partial charge in [0.15, 0.2) is 0 Å². The Kier molecular flexibility index (Phi) is 4.75. The molecule has 1 N–H and O–H groups in total. The van der Waals surface area contributed by atoms with E-state index in [0.29, 0.717) is 10.5 Å². The molecule has 0 aromatic heterocycles. The Bertz CT molecular complexity index is 647. The summed E-state index contributed by atoms with van der Waals surface area (Å²) in [6, 6.07) is 8.43. The number of fused-ring (bicyclic) bond motifs is 2. The maximum Gasteiger partial charge on any atom is 0.494 e. The molecule has 3 nitrogen and oxygen atoms in total. The summed E-state index contributed by atoms with van der Waals surface area (Å²) in [5.41, 5.74) is 1.02. The minimum absolute atomic E-state index is 0.329. The van der Waals surface area contributed by atoms with Crippen LogP contribution in [0.4, 0.5) is 0 Å². The van der Waals surface area contributed by atoms with Gasteiger partial charge < -0.3 is 14.4 Å². The minimum Gasteiger partial charge on any atom is -0.399 e. The first kappa shape index (κ1) is 18.9. The molecule has 1 aromatic carbocycles. The lowest BCUT2D eigenvalue weighted by atomic mass is 9.76. The Morgan fingerprint density at radius 3 is 2.31 bits per heavy atom. The molecule has 3 fully saturated rings. The zero-order valence-electron chi connectivity index (χ0n) is 16.5. The van der Waals surface area contributed by atoms with Crippen molar-refractivity contribution in [3.8, 4) is 0 Å². The summed E-state index contributed by atoms with van der Waals surface area (Å²) < 4.78 is 12.4. The van der Waals surface area contributed by atoms with Gasteiger partial charge in [0.2, 0.25) is 0 Å². The van der Waals surface area contributed by atoms with E-state index in [-0.39, 0.29) is 18.3 Å². The second kappa shape index (κ2) is 6.54. The lowest BCUT2D eigenvalue weighted by Gasteiger charge is -2.44. The molecule has 2 atom stereocenters. The summed E-state index contributed by atoms with van der Waals surface area (Å²) in [6.45, 7) is 8.33. The highest BCUT2D eigenvalue weighted by atomic mass is 32.2. The number of rotatable bonds is 3. The van der Waals surface area contributed by atoms with Gasteiger partial charge in [0, 0.05) is 16.9 Å². The predicted molar refractivity (Wildman–Crippen MR) is 109 cm³/mol. The first-order valence-corrected chi connectivity index (χ1v) is 10.9. The van der Waals surface area contributed by atoms with E-state index in [1.165, 1.54) is 24.8 Å². The van der Waals surface area contributed by atoms with Crippen molar-refractivity contribution in [1.29, 1.82) is 0 Å². The first-order chi connectivity index (χ1) is 12.2. The summed E-state index contributed by atoms with van der Waals surface area (Å²) in [5.74, 6) is 0. The molecule has 5 heteroatoms. The SMILES string of the molecule is CC1(C)OB(c2cccc(CC3(O)CC4CCCC(C3)S4)c2)OC1(C)C. The van der Waals surface area contributed by atoms with Crippen molar-refractivity contribution in [3.63, 3.8) is 0 Å². The van der Waals surface area contributed by atoms with E-state index in [9.17, 15) is 5.11 Å². The monoisotopic (exact) mass is 374 g/mol. The minimum atomic E-state index is -0.560. The van der Waals surface area contributed by atoms with Crippen molar-refractivity contribution in [1.82, 2.24) is 0 Å². The van der Waals surface area contributed by atoms with Crippen molar-refractivity contribution >= 4 is 24.3 Å². The van der Waals surface area contributed by atoms with Gasteiger partial charge in [0.05, 0.1) is 16.8 Å². The van der Waals surface area contributed by atoms with Crippen LogP contribution in [0.3, 0.4) is 0 Å². The molecular weight excluding hydrogens is 343 g/mol. The molecule has 0 saturated carbocycles. The van der Waals surface area contributed by atoms with Gasteiger partial charge in [-0.1, -0.05) is 30.7 Å². The van der Waals surface area contributed by atoms with E-state index < -0.39 is 5.60 Å². The van der Waals surface area contributed by atoms with Crippen LogP contribution < -0.4 is 5.46 Å². The Balaban J connectivity index is 1.50. The molecule has 3 heterocycles. The quantitative estimate of drug-likeness (QED) is 0.819. The fraction of sp³-hybridized carbons (Fsp3) is 0.714. The normalized spacial score (nSPS) is 35.5. The van der Waals surface area contributed by atoms with Gasteiger partial charge in [0.1, 0.15) is 0 Å². The Morgan fingerprint density at radius 1 is 1.08 bits per heavy atom. The third-order valence-corrected chi connectivity index (χ3v) is 8.24. The van der Waals surface area contributed by atoms with Gasteiger partial charge >= 0.3 is 7.12 Å². The van der Waals surface area contributed by atoms with E-state index in [4.69, 9.17) is 9.31 Å². The van der Waals surface area contributed by atoms with Gasteiger partial charge in [-0.15, -0.1) is 0 Å². The average molecular weight is 374 g/mol. The number of hydrogen-bond acceptors (Lipinski definition) is 4. The summed E-state index contributed by atoms with van der Waals surface area (Å²) in [6.07, 6.45) is 6.43. The molecular formula is C21H31BO3S. The predicted octanol–water partition coefficient (Wildman–Crippen LogP) is 3.71. The van der Waals surface area contributed by atoms with Gasteiger partial charge in [-0.25, -0.2) is 0 Å². The van der Waals surface area contributed by atoms with Crippen LogP contribution in [0.25, 0.3) is 0 Å². The first-order valence-electron chi connectivity index (χ1n) is 9.98. The molecule has 3 aliphatic heterocycles. The molecule has 0 aliphatic carbocycles.